The van der Waals surface area contributed by atoms with E-state index in [9.17, 15) is 4.79 Å². The zero-order valence-electron chi connectivity index (χ0n) is 12.3. The van der Waals surface area contributed by atoms with Gasteiger partial charge in [0.15, 0.2) is 0 Å². The van der Waals surface area contributed by atoms with Crippen molar-refractivity contribution in [3.05, 3.63) is 23.8 Å². The van der Waals surface area contributed by atoms with E-state index in [2.05, 4.69) is 12.2 Å². The van der Waals surface area contributed by atoms with Gasteiger partial charge >= 0.3 is 5.97 Å². The van der Waals surface area contributed by atoms with Gasteiger partial charge in [0.05, 0.1) is 24.0 Å². The van der Waals surface area contributed by atoms with Crippen LogP contribution in [0.25, 0.3) is 0 Å². The summed E-state index contributed by atoms with van der Waals surface area (Å²) in [6.07, 6.45) is 6.27. The molecule has 0 heterocycles. The van der Waals surface area contributed by atoms with E-state index in [1.165, 1.54) is 39.2 Å². The van der Waals surface area contributed by atoms with E-state index in [1.807, 2.05) is 6.07 Å². The van der Waals surface area contributed by atoms with Crippen LogP contribution < -0.4 is 11.1 Å². The van der Waals surface area contributed by atoms with Crippen molar-refractivity contribution >= 4 is 17.3 Å². The molecule has 0 bridgehead atoms. The van der Waals surface area contributed by atoms with Gasteiger partial charge in [-0.25, -0.2) is 4.79 Å². The fourth-order valence-corrected chi connectivity index (χ4v) is 3.03. The Morgan fingerprint density at radius 1 is 1.40 bits per heavy atom. The second-order valence-corrected chi connectivity index (χ2v) is 5.50. The third-order valence-electron chi connectivity index (χ3n) is 4.25. The molecule has 2 rings (SSSR count). The van der Waals surface area contributed by atoms with Gasteiger partial charge in [0, 0.05) is 6.04 Å². The number of esters is 1. The summed E-state index contributed by atoms with van der Waals surface area (Å²) in [6, 6.07) is 5.80. The highest BCUT2D eigenvalue weighted by Gasteiger charge is 2.24. The zero-order chi connectivity index (χ0) is 14.5. The molecule has 0 radical (unpaired) electrons. The number of carbonyl (C=O) groups is 1. The summed E-state index contributed by atoms with van der Waals surface area (Å²) in [5, 5.41) is 3.56. The molecule has 0 amide bonds. The molecule has 2 atom stereocenters. The molecule has 110 valence electrons. The van der Waals surface area contributed by atoms with Gasteiger partial charge in [-0.05, 0) is 37.0 Å². The van der Waals surface area contributed by atoms with Crippen LogP contribution in [0.2, 0.25) is 0 Å². The van der Waals surface area contributed by atoms with Crippen LogP contribution in [-0.4, -0.2) is 19.1 Å². The number of nitrogen functional groups attached to an aromatic ring is 1. The van der Waals surface area contributed by atoms with Gasteiger partial charge in [-0.15, -0.1) is 0 Å². The Labute approximate surface area is 120 Å². The monoisotopic (exact) mass is 276 g/mol. The standard InChI is InChI=1S/C16H24N2O2/c1-3-11-6-4-5-7-14(11)18-15-9-8-12(10-13(15)17)16(19)20-2/h8-11,14,18H,3-7,17H2,1-2H3. The summed E-state index contributed by atoms with van der Waals surface area (Å²) in [6.45, 7) is 2.24. The quantitative estimate of drug-likeness (QED) is 0.653. The number of nitrogens with two attached hydrogens (primary N) is 1. The Kier molecular flexibility index (Phi) is 4.88. The lowest BCUT2D eigenvalue weighted by molar-refractivity contribution is 0.0601. The van der Waals surface area contributed by atoms with Crippen molar-refractivity contribution in [1.82, 2.24) is 0 Å². The number of hydrogen-bond donors (Lipinski definition) is 2. The van der Waals surface area contributed by atoms with Gasteiger partial charge in [-0.1, -0.05) is 26.2 Å². The normalized spacial score (nSPS) is 22.3. The minimum Gasteiger partial charge on any atom is -0.465 e. The Morgan fingerprint density at radius 3 is 2.80 bits per heavy atom. The highest BCUT2D eigenvalue weighted by molar-refractivity contribution is 5.91. The Hall–Kier alpha value is -1.71. The molecule has 1 saturated carbocycles. The van der Waals surface area contributed by atoms with Crippen molar-refractivity contribution < 1.29 is 9.53 Å². The average Bonchev–Trinajstić information content (AvgIpc) is 2.49. The van der Waals surface area contributed by atoms with Crippen molar-refractivity contribution in [2.75, 3.05) is 18.2 Å². The third-order valence-corrected chi connectivity index (χ3v) is 4.25. The summed E-state index contributed by atoms with van der Waals surface area (Å²) in [5.74, 6) is 0.357. The van der Waals surface area contributed by atoms with Crippen LogP contribution in [0, 0.1) is 5.92 Å². The molecule has 1 aromatic carbocycles. The second kappa shape index (κ2) is 6.64. The van der Waals surface area contributed by atoms with Crippen molar-refractivity contribution in [2.45, 2.75) is 45.1 Å². The average molecular weight is 276 g/mol. The first-order valence-corrected chi connectivity index (χ1v) is 7.40. The van der Waals surface area contributed by atoms with E-state index >= 15 is 0 Å². The molecule has 1 aromatic rings. The predicted octanol–water partition coefficient (Wildman–Crippen LogP) is 3.44. The minimum absolute atomic E-state index is 0.354. The highest BCUT2D eigenvalue weighted by Crippen LogP contribution is 2.31. The number of benzene rings is 1. The first-order valence-electron chi connectivity index (χ1n) is 7.40. The number of anilines is 2. The molecule has 4 nitrogen and oxygen atoms in total. The van der Waals surface area contributed by atoms with Crippen LogP contribution in [0.5, 0.6) is 0 Å². The highest BCUT2D eigenvalue weighted by atomic mass is 16.5. The van der Waals surface area contributed by atoms with E-state index in [0.29, 0.717) is 23.2 Å². The predicted molar refractivity (Wildman–Crippen MR) is 81.9 cm³/mol. The minimum atomic E-state index is -0.354. The number of rotatable bonds is 4. The van der Waals surface area contributed by atoms with E-state index in [0.717, 1.165) is 5.69 Å². The molecule has 1 aliphatic rings. The van der Waals surface area contributed by atoms with E-state index in [-0.39, 0.29) is 5.97 Å². The maximum absolute atomic E-state index is 11.5. The second-order valence-electron chi connectivity index (χ2n) is 5.50. The van der Waals surface area contributed by atoms with Crippen LogP contribution in [0.4, 0.5) is 11.4 Å². The summed E-state index contributed by atoms with van der Waals surface area (Å²) < 4.78 is 4.70. The molecule has 0 aliphatic heterocycles. The molecule has 0 saturated heterocycles. The zero-order valence-corrected chi connectivity index (χ0v) is 12.3. The molecule has 1 fully saturated rings. The number of hydrogen-bond acceptors (Lipinski definition) is 4. The lowest BCUT2D eigenvalue weighted by atomic mass is 9.82. The van der Waals surface area contributed by atoms with Crippen molar-refractivity contribution in [3.63, 3.8) is 0 Å². The summed E-state index contributed by atoms with van der Waals surface area (Å²) in [4.78, 5) is 11.5. The molecule has 20 heavy (non-hydrogen) atoms. The van der Waals surface area contributed by atoms with Crippen LogP contribution >= 0.6 is 0 Å². The van der Waals surface area contributed by atoms with Crippen LogP contribution in [0.15, 0.2) is 18.2 Å². The fourth-order valence-electron chi connectivity index (χ4n) is 3.03. The fraction of sp³-hybridized carbons (Fsp3) is 0.562. The van der Waals surface area contributed by atoms with Gasteiger partial charge in [0.25, 0.3) is 0 Å². The maximum atomic E-state index is 11.5. The summed E-state index contributed by atoms with van der Waals surface area (Å²) >= 11 is 0. The molecule has 1 aliphatic carbocycles. The number of carbonyl (C=O) groups excluding carboxylic acids is 1. The number of ether oxygens (including phenoxy) is 1. The molecular weight excluding hydrogens is 252 g/mol. The Bertz CT molecular complexity index is 474. The number of methoxy groups -OCH3 is 1. The van der Waals surface area contributed by atoms with Gasteiger partial charge in [0.1, 0.15) is 0 Å². The molecule has 4 heteroatoms. The topological polar surface area (TPSA) is 64.3 Å². The molecule has 3 N–H and O–H groups in total. The van der Waals surface area contributed by atoms with Gasteiger partial charge in [0.2, 0.25) is 0 Å². The first kappa shape index (κ1) is 14.7. The summed E-state index contributed by atoms with van der Waals surface area (Å²) in [7, 11) is 1.37. The molecule has 2 unspecified atom stereocenters. The SMILES string of the molecule is CCC1CCCCC1Nc1ccc(C(=O)OC)cc1N. The van der Waals surface area contributed by atoms with Gasteiger partial charge in [-0.3, -0.25) is 0 Å². The maximum Gasteiger partial charge on any atom is 0.337 e. The molecular formula is C16H24N2O2. The van der Waals surface area contributed by atoms with Crippen molar-refractivity contribution in [1.29, 1.82) is 0 Å². The van der Waals surface area contributed by atoms with E-state index in [1.54, 1.807) is 12.1 Å². The number of nitrogens with one attached hydrogen (secondary N) is 1. The lowest BCUT2D eigenvalue weighted by Gasteiger charge is -2.32. The van der Waals surface area contributed by atoms with Crippen molar-refractivity contribution in [2.24, 2.45) is 5.92 Å². The largest absolute Gasteiger partial charge is 0.465 e. The third kappa shape index (κ3) is 3.24. The van der Waals surface area contributed by atoms with Crippen LogP contribution in [0.3, 0.4) is 0 Å². The lowest BCUT2D eigenvalue weighted by Crippen LogP contribution is -2.32. The Morgan fingerprint density at radius 2 is 2.15 bits per heavy atom. The smallest absolute Gasteiger partial charge is 0.337 e. The first-order chi connectivity index (χ1) is 9.65. The van der Waals surface area contributed by atoms with Gasteiger partial charge in [-0.2, -0.15) is 0 Å². The molecule has 0 spiro atoms. The van der Waals surface area contributed by atoms with Gasteiger partial charge < -0.3 is 15.8 Å². The van der Waals surface area contributed by atoms with Crippen molar-refractivity contribution in [3.8, 4) is 0 Å². The Balaban J connectivity index is 2.11. The van der Waals surface area contributed by atoms with E-state index < -0.39 is 0 Å². The molecule has 0 aromatic heterocycles. The van der Waals surface area contributed by atoms with Crippen LogP contribution in [-0.2, 0) is 4.74 Å². The summed E-state index contributed by atoms with van der Waals surface area (Å²) in [5.41, 5.74) is 8.06. The van der Waals surface area contributed by atoms with E-state index in [4.69, 9.17) is 10.5 Å². The van der Waals surface area contributed by atoms with Crippen LogP contribution in [0.1, 0.15) is 49.4 Å².